The van der Waals surface area contributed by atoms with E-state index in [0.717, 1.165) is 11.3 Å². The number of nitro groups is 1. The number of carbonyl (C=O) groups excluding carboxylic acids is 1. The normalized spacial score (nSPS) is 10.5. The standard InChI is InChI=1S/C20H20N4O4/c1-15-3-9-19(10-4-15)28-12-11-22(2)20(25)16-13-21-23(14-16)17-5-7-18(8-6-17)24(26)27/h3-10,13-14H,11-12H2,1-2H3. The molecule has 28 heavy (non-hydrogen) atoms. The average molecular weight is 380 g/mol. The Bertz CT molecular complexity index is 965. The number of aryl methyl sites for hydroxylation is 1. The van der Waals surface area contributed by atoms with Crippen LogP contribution in [0.3, 0.4) is 0 Å². The van der Waals surface area contributed by atoms with Gasteiger partial charge in [-0.05, 0) is 31.2 Å². The third kappa shape index (κ3) is 4.53. The first-order valence-corrected chi connectivity index (χ1v) is 8.68. The molecule has 0 N–H and O–H groups in total. The highest BCUT2D eigenvalue weighted by Gasteiger charge is 2.15. The van der Waals surface area contributed by atoms with Crippen molar-refractivity contribution in [1.29, 1.82) is 0 Å². The van der Waals surface area contributed by atoms with Crippen molar-refractivity contribution in [2.75, 3.05) is 20.2 Å². The van der Waals surface area contributed by atoms with Crippen molar-refractivity contribution in [3.05, 3.63) is 82.2 Å². The van der Waals surface area contributed by atoms with E-state index in [0.29, 0.717) is 24.4 Å². The van der Waals surface area contributed by atoms with E-state index in [1.165, 1.54) is 23.0 Å². The molecule has 8 heteroatoms. The second-order valence-electron chi connectivity index (χ2n) is 6.34. The van der Waals surface area contributed by atoms with Crippen LogP contribution in [0.15, 0.2) is 60.9 Å². The fourth-order valence-electron chi connectivity index (χ4n) is 2.56. The second-order valence-corrected chi connectivity index (χ2v) is 6.34. The van der Waals surface area contributed by atoms with E-state index in [2.05, 4.69) is 5.10 Å². The van der Waals surface area contributed by atoms with Gasteiger partial charge < -0.3 is 9.64 Å². The number of nitrogens with zero attached hydrogens (tertiary/aromatic N) is 4. The number of benzene rings is 2. The van der Waals surface area contributed by atoms with Gasteiger partial charge in [-0.25, -0.2) is 4.68 Å². The van der Waals surface area contributed by atoms with Gasteiger partial charge in [-0.1, -0.05) is 17.7 Å². The molecule has 1 heterocycles. The molecule has 0 unspecified atom stereocenters. The first-order valence-electron chi connectivity index (χ1n) is 8.68. The Morgan fingerprint density at radius 1 is 1.18 bits per heavy atom. The highest BCUT2D eigenvalue weighted by molar-refractivity contribution is 5.93. The fraction of sp³-hybridized carbons (Fsp3) is 0.200. The Hall–Kier alpha value is -3.68. The molecule has 0 saturated heterocycles. The van der Waals surface area contributed by atoms with Gasteiger partial charge >= 0.3 is 0 Å². The number of carbonyl (C=O) groups is 1. The van der Waals surface area contributed by atoms with Gasteiger partial charge in [0.15, 0.2) is 0 Å². The maximum atomic E-state index is 12.5. The summed E-state index contributed by atoms with van der Waals surface area (Å²) in [5.74, 6) is 0.582. The summed E-state index contributed by atoms with van der Waals surface area (Å²) in [6.45, 7) is 2.81. The van der Waals surface area contributed by atoms with Crippen molar-refractivity contribution >= 4 is 11.6 Å². The predicted octanol–water partition coefficient (Wildman–Crippen LogP) is 3.24. The molecule has 3 aromatic rings. The second kappa shape index (κ2) is 8.34. The molecule has 144 valence electrons. The predicted molar refractivity (Wildman–Crippen MR) is 104 cm³/mol. The molecule has 1 aromatic heterocycles. The lowest BCUT2D eigenvalue weighted by atomic mass is 10.2. The number of ether oxygens (including phenoxy) is 1. The SMILES string of the molecule is Cc1ccc(OCCN(C)C(=O)c2cnn(-c3ccc([N+](=O)[O-])cc3)c2)cc1. The molecule has 0 bridgehead atoms. The Morgan fingerprint density at radius 2 is 1.86 bits per heavy atom. The third-order valence-corrected chi connectivity index (χ3v) is 4.22. The van der Waals surface area contributed by atoms with Crippen LogP contribution < -0.4 is 4.74 Å². The molecule has 3 rings (SSSR count). The van der Waals surface area contributed by atoms with Gasteiger partial charge in [0.05, 0.1) is 28.9 Å². The minimum atomic E-state index is -0.463. The minimum absolute atomic E-state index is 0.000478. The van der Waals surface area contributed by atoms with Crippen molar-refractivity contribution in [2.45, 2.75) is 6.92 Å². The summed E-state index contributed by atoms with van der Waals surface area (Å²) in [4.78, 5) is 24.4. The quantitative estimate of drug-likeness (QED) is 0.464. The van der Waals surface area contributed by atoms with Crippen molar-refractivity contribution in [3.63, 3.8) is 0 Å². The zero-order valence-corrected chi connectivity index (χ0v) is 15.6. The minimum Gasteiger partial charge on any atom is -0.492 e. The first-order chi connectivity index (χ1) is 13.4. The van der Waals surface area contributed by atoms with Crippen LogP contribution in [0.2, 0.25) is 0 Å². The lowest BCUT2D eigenvalue weighted by molar-refractivity contribution is -0.384. The summed E-state index contributed by atoms with van der Waals surface area (Å²) in [5.41, 5.74) is 2.22. The Morgan fingerprint density at radius 3 is 2.50 bits per heavy atom. The summed E-state index contributed by atoms with van der Waals surface area (Å²) in [5, 5.41) is 14.9. The average Bonchev–Trinajstić information content (AvgIpc) is 3.19. The summed E-state index contributed by atoms with van der Waals surface area (Å²) < 4.78 is 7.16. The summed E-state index contributed by atoms with van der Waals surface area (Å²) in [6, 6.07) is 13.7. The largest absolute Gasteiger partial charge is 0.492 e. The maximum absolute atomic E-state index is 12.5. The molecule has 0 fully saturated rings. The molecular weight excluding hydrogens is 360 g/mol. The highest BCUT2D eigenvalue weighted by Crippen LogP contribution is 2.16. The van der Waals surface area contributed by atoms with Crippen molar-refractivity contribution in [2.24, 2.45) is 0 Å². The molecule has 0 aliphatic carbocycles. The van der Waals surface area contributed by atoms with Crippen LogP contribution in [0.5, 0.6) is 5.75 Å². The summed E-state index contributed by atoms with van der Waals surface area (Å²) in [6.07, 6.45) is 3.07. The number of amides is 1. The smallest absolute Gasteiger partial charge is 0.269 e. The van der Waals surface area contributed by atoms with Crippen LogP contribution in [-0.4, -0.2) is 45.7 Å². The number of hydrogen-bond acceptors (Lipinski definition) is 5. The molecular formula is C20H20N4O4. The summed E-state index contributed by atoms with van der Waals surface area (Å²) >= 11 is 0. The van der Waals surface area contributed by atoms with Gasteiger partial charge in [0, 0.05) is 25.4 Å². The lowest BCUT2D eigenvalue weighted by Gasteiger charge is -2.16. The number of rotatable bonds is 7. The van der Waals surface area contributed by atoms with E-state index in [1.807, 2.05) is 31.2 Å². The van der Waals surface area contributed by atoms with Gasteiger partial charge in [-0.2, -0.15) is 5.10 Å². The number of non-ortho nitro benzene ring substituents is 1. The van der Waals surface area contributed by atoms with E-state index in [1.54, 1.807) is 30.3 Å². The van der Waals surface area contributed by atoms with E-state index >= 15 is 0 Å². The van der Waals surface area contributed by atoms with Gasteiger partial charge in [0.1, 0.15) is 12.4 Å². The Balaban J connectivity index is 1.58. The molecule has 0 radical (unpaired) electrons. The van der Waals surface area contributed by atoms with Crippen molar-refractivity contribution in [1.82, 2.24) is 14.7 Å². The van der Waals surface area contributed by atoms with Crippen LogP contribution in [0.4, 0.5) is 5.69 Å². The number of nitro benzene ring substituents is 1. The third-order valence-electron chi connectivity index (χ3n) is 4.22. The zero-order valence-electron chi connectivity index (χ0n) is 15.6. The van der Waals surface area contributed by atoms with Crippen LogP contribution in [0.25, 0.3) is 5.69 Å². The highest BCUT2D eigenvalue weighted by atomic mass is 16.6. The maximum Gasteiger partial charge on any atom is 0.269 e. The molecule has 0 saturated carbocycles. The van der Waals surface area contributed by atoms with Crippen LogP contribution in [-0.2, 0) is 0 Å². The molecule has 0 atom stereocenters. The van der Waals surface area contributed by atoms with Gasteiger partial charge in [-0.3, -0.25) is 14.9 Å². The van der Waals surface area contributed by atoms with E-state index in [-0.39, 0.29) is 11.6 Å². The van der Waals surface area contributed by atoms with Gasteiger partial charge in [0.2, 0.25) is 0 Å². The molecule has 2 aromatic carbocycles. The topological polar surface area (TPSA) is 90.5 Å². The fourth-order valence-corrected chi connectivity index (χ4v) is 2.56. The van der Waals surface area contributed by atoms with E-state index < -0.39 is 4.92 Å². The van der Waals surface area contributed by atoms with E-state index in [4.69, 9.17) is 4.74 Å². The zero-order chi connectivity index (χ0) is 20.1. The van der Waals surface area contributed by atoms with Crippen molar-refractivity contribution < 1.29 is 14.5 Å². The van der Waals surface area contributed by atoms with Gasteiger partial charge in [0.25, 0.3) is 11.6 Å². The molecule has 0 spiro atoms. The Labute approximate surface area is 162 Å². The summed E-state index contributed by atoms with van der Waals surface area (Å²) in [7, 11) is 1.70. The number of aromatic nitrogens is 2. The van der Waals surface area contributed by atoms with E-state index in [9.17, 15) is 14.9 Å². The number of hydrogen-bond donors (Lipinski definition) is 0. The molecule has 8 nitrogen and oxygen atoms in total. The van der Waals surface area contributed by atoms with Crippen LogP contribution in [0, 0.1) is 17.0 Å². The number of likely N-dealkylation sites (N-methyl/N-ethyl adjacent to an activating group) is 1. The van der Waals surface area contributed by atoms with Crippen LogP contribution in [0.1, 0.15) is 15.9 Å². The lowest BCUT2D eigenvalue weighted by Crippen LogP contribution is -2.30. The Kier molecular flexibility index (Phi) is 5.69. The molecule has 1 amide bonds. The van der Waals surface area contributed by atoms with Crippen molar-refractivity contribution in [3.8, 4) is 11.4 Å². The van der Waals surface area contributed by atoms with Crippen LogP contribution >= 0.6 is 0 Å². The molecule has 0 aliphatic rings. The van der Waals surface area contributed by atoms with Gasteiger partial charge in [-0.15, -0.1) is 0 Å². The monoisotopic (exact) mass is 380 g/mol. The first kappa shape index (κ1) is 19.1. The molecule has 0 aliphatic heterocycles.